The van der Waals surface area contributed by atoms with Gasteiger partial charge in [0.2, 0.25) is 0 Å². The van der Waals surface area contributed by atoms with Crippen LogP contribution < -0.4 is 0 Å². The molecule has 0 atom stereocenters. The number of aryl methyl sites for hydroxylation is 1. The number of rotatable bonds is 2. The molecule has 0 spiro atoms. The lowest BCUT2D eigenvalue weighted by Gasteiger charge is -2.28. The highest BCUT2D eigenvalue weighted by Gasteiger charge is 2.25. The van der Waals surface area contributed by atoms with Crippen LogP contribution in [0.25, 0.3) is 0 Å². The zero-order chi connectivity index (χ0) is 11.7. The second-order valence-electron chi connectivity index (χ2n) is 4.28. The fraction of sp³-hybridized carbons (Fsp3) is 0.385. The van der Waals surface area contributed by atoms with Crippen molar-refractivity contribution in [3.63, 3.8) is 0 Å². The maximum atomic E-state index is 12.1. The average Bonchev–Trinajstić information content (AvgIpc) is 2.23. The molecular formula is C13H15NO2. The number of benzene rings is 1. The Bertz CT molecular complexity index is 451. The van der Waals surface area contributed by atoms with Gasteiger partial charge < -0.3 is 4.90 Å². The first-order valence-electron chi connectivity index (χ1n) is 5.47. The molecule has 1 aliphatic heterocycles. The van der Waals surface area contributed by atoms with Crippen LogP contribution in [0.1, 0.15) is 28.4 Å². The van der Waals surface area contributed by atoms with Gasteiger partial charge in [-0.2, -0.15) is 0 Å². The Morgan fingerprint density at radius 3 is 2.88 bits per heavy atom. The minimum Gasteiger partial charge on any atom is -0.331 e. The molecule has 3 heteroatoms. The molecule has 1 aromatic carbocycles. The van der Waals surface area contributed by atoms with Crippen LogP contribution in [-0.2, 0) is 11.2 Å². The molecule has 0 saturated carbocycles. The Balaban J connectivity index is 2.32. The van der Waals surface area contributed by atoms with Crippen molar-refractivity contribution in [2.75, 3.05) is 13.1 Å². The van der Waals surface area contributed by atoms with Gasteiger partial charge in [0.05, 0.1) is 6.54 Å². The second kappa shape index (κ2) is 4.08. The van der Waals surface area contributed by atoms with Crippen LogP contribution in [0.3, 0.4) is 0 Å². The molecule has 0 saturated heterocycles. The van der Waals surface area contributed by atoms with Crippen LogP contribution >= 0.6 is 0 Å². The summed E-state index contributed by atoms with van der Waals surface area (Å²) in [6.07, 6.45) is 0.848. The number of ketones is 1. The number of nitrogens with zero attached hydrogens (tertiary/aromatic N) is 1. The van der Waals surface area contributed by atoms with E-state index < -0.39 is 0 Å². The van der Waals surface area contributed by atoms with Crippen molar-refractivity contribution in [3.8, 4) is 0 Å². The minimum absolute atomic E-state index is 0.0137. The lowest BCUT2D eigenvalue weighted by Crippen LogP contribution is -2.40. The minimum atomic E-state index is -0.0137. The first kappa shape index (κ1) is 10.9. The summed E-state index contributed by atoms with van der Waals surface area (Å²) in [4.78, 5) is 24.7. The van der Waals surface area contributed by atoms with Gasteiger partial charge in [-0.05, 0) is 37.5 Å². The fourth-order valence-electron chi connectivity index (χ4n) is 2.17. The molecule has 84 valence electrons. The molecule has 0 radical (unpaired) electrons. The number of hydrogen-bond acceptors (Lipinski definition) is 2. The predicted molar refractivity (Wildman–Crippen MR) is 61.5 cm³/mol. The lowest BCUT2D eigenvalue weighted by molar-refractivity contribution is -0.117. The zero-order valence-electron chi connectivity index (χ0n) is 9.62. The summed E-state index contributed by atoms with van der Waals surface area (Å²) in [5, 5.41) is 0. The second-order valence-corrected chi connectivity index (χ2v) is 4.28. The molecule has 1 aliphatic rings. The van der Waals surface area contributed by atoms with Crippen molar-refractivity contribution in [1.82, 2.24) is 4.90 Å². The van der Waals surface area contributed by atoms with Crippen LogP contribution in [-0.4, -0.2) is 29.7 Å². The van der Waals surface area contributed by atoms with Crippen LogP contribution in [0.5, 0.6) is 0 Å². The van der Waals surface area contributed by atoms with Gasteiger partial charge in [-0.1, -0.05) is 12.1 Å². The molecule has 16 heavy (non-hydrogen) atoms. The molecule has 0 N–H and O–H groups in total. The summed E-state index contributed by atoms with van der Waals surface area (Å²) < 4.78 is 0. The van der Waals surface area contributed by atoms with Crippen molar-refractivity contribution >= 4 is 11.7 Å². The summed E-state index contributed by atoms with van der Waals surface area (Å²) in [6, 6.07) is 5.76. The van der Waals surface area contributed by atoms with Crippen molar-refractivity contribution < 1.29 is 9.59 Å². The van der Waals surface area contributed by atoms with Gasteiger partial charge in [0, 0.05) is 12.1 Å². The largest absolute Gasteiger partial charge is 0.331 e. The summed E-state index contributed by atoms with van der Waals surface area (Å²) in [5.74, 6) is 0.0182. The molecular weight excluding hydrogens is 202 g/mol. The Kier molecular flexibility index (Phi) is 2.77. The molecule has 0 fully saturated rings. The van der Waals surface area contributed by atoms with Crippen molar-refractivity contribution in [3.05, 3.63) is 34.9 Å². The van der Waals surface area contributed by atoms with Crippen molar-refractivity contribution in [1.29, 1.82) is 0 Å². The summed E-state index contributed by atoms with van der Waals surface area (Å²) in [6.45, 7) is 4.41. The SMILES string of the molecule is CC(=O)CN1CCc2c(C)cccc2C1=O. The summed E-state index contributed by atoms with van der Waals surface area (Å²) in [7, 11) is 0. The molecule has 1 heterocycles. The van der Waals surface area contributed by atoms with Crippen LogP contribution in [0.2, 0.25) is 0 Å². The van der Waals surface area contributed by atoms with Gasteiger partial charge >= 0.3 is 0 Å². The van der Waals surface area contributed by atoms with E-state index >= 15 is 0 Å². The molecule has 0 aromatic heterocycles. The van der Waals surface area contributed by atoms with E-state index in [1.165, 1.54) is 6.92 Å². The van der Waals surface area contributed by atoms with Gasteiger partial charge in [0.15, 0.2) is 0 Å². The standard InChI is InChI=1S/C13H15NO2/c1-9-4-3-5-12-11(9)6-7-14(13(12)16)8-10(2)15/h3-5H,6-8H2,1-2H3. The third kappa shape index (κ3) is 1.85. The predicted octanol–water partition coefficient (Wildman–Crippen LogP) is 1.58. The van der Waals surface area contributed by atoms with E-state index in [0.717, 1.165) is 23.1 Å². The first-order chi connectivity index (χ1) is 7.59. The van der Waals surface area contributed by atoms with E-state index in [0.29, 0.717) is 6.54 Å². The third-order valence-electron chi connectivity index (χ3n) is 2.97. The van der Waals surface area contributed by atoms with Gasteiger partial charge in [0.25, 0.3) is 5.91 Å². The van der Waals surface area contributed by atoms with Crippen LogP contribution in [0.4, 0.5) is 0 Å². The molecule has 0 aliphatic carbocycles. The van der Waals surface area contributed by atoms with Gasteiger partial charge in [0.1, 0.15) is 5.78 Å². The molecule has 1 aromatic rings. The van der Waals surface area contributed by atoms with Gasteiger partial charge in [-0.25, -0.2) is 0 Å². The van der Waals surface area contributed by atoms with Crippen molar-refractivity contribution in [2.45, 2.75) is 20.3 Å². The van der Waals surface area contributed by atoms with Crippen LogP contribution in [0.15, 0.2) is 18.2 Å². The molecule has 2 rings (SSSR count). The smallest absolute Gasteiger partial charge is 0.254 e. The van der Waals surface area contributed by atoms with Gasteiger partial charge in [-0.3, -0.25) is 9.59 Å². The van der Waals surface area contributed by atoms with E-state index in [1.54, 1.807) is 4.90 Å². The maximum Gasteiger partial charge on any atom is 0.254 e. The highest BCUT2D eigenvalue weighted by Crippen LogP contribution is 2.21. The van der Waals surface area contributed by atoms with Gasteiger partial charge in [-0.15, -0.1) is 0 Å². The Morgan fingerprint density at radius 2 is 2.19 bits per heavy atom. The van der Waals surface area contributed by atoms with E-state index in [9.17, 15) is 9.59 Å². The first-order valence-corrected chi connectivity index (χ1v) is 5.47. The highest BCUT2D eigenvalue weighted by atomic mass is 16.2. The number of hydrogen-bond donors (Lipinski definition) is 0. The highest BCUT2D eigenvalue weighted by molar-refractivity contribution is 5.99. The monoisotopic (exact) mass is 217 g/mol. The fourth-order valence-corrected chi connectivity index (χ4v) is 2.17. The molecule has 3 nitrogen and oxygen atoms in total. The molecule has 1 amide bonds. The number of carbonyl (C=O) groups excluding carboxylic acids is 2. The number of amides is 1. The summed E-state index contributed by atoms with van der Waals surface area (Å²) in [5.41, 5.74) is 3.05. The zero-order valence-corrected chi connectivity index (χ0v) is 9.62. The number of fused-ring (bicyclic) bond motifs is 1. The van der Waals surface area contributed by atoms with E-state index in [2.05, 4.69) is 0 Å². The lowest BCUT2D eigenvalue weighted by atomic mass is 9.94. The summed E-state index contributed by atoms with van der Waals surface area (Å²) >= 11 is 0. The normalized spacial score (nSPS) is 14.9. The Labute approximate surface area is 95.1 Å². The quantitative estimate of drug-likeness (QED) is 0.754. The van der Waals surface area contributed by atoms with E-state index in [4.69, 9.17) is 0 Å². The maximum absolute atomic E-state index is 12.1. The third-order valence-corrected chi connectivity index (χ3v) is 2.97. The molecule has 0 bridgehead atoms. The number of Topliss-reactive ketones (excluding diaryl/α,β-unsaturated/α-hetero) is 1. The van der Waals surface area contributed by atoms with E-state index in [1.807, 2.05) is 25.1 Å². The average molecular weight is 217 g/mol. The Morgan fingerprint density at radius 1 is 1.44 bits per heavy atom. The van der Waals surface area contributed by atoms with Crippen molar-refractivity contribution in [2.24, 2.45) is 0 Å². The number of carbonyl (C=O) groups is 2. The van der Waals surface area contributed by atoms with Crippen LogP contribution in [0, 0.1) is 6.92 Å². The topological polar surface area (TPSA) is 37.4 Å². The Hall–Kier alpha value is -1.64. The molecule has 0 unspecified atom stereocenters. The van der Waals surface area contributed by atoms with E-state index in [-0.39, 0.29) is 18.2 Å².